The van der Waals surface area contributed by atoms with E-state index < -0.39 is 0 Å². The molecule has 0 fully saturated rings. The molecule has 0 saturated heterocycles. The minimum atomic E-state index is -0.186. The van der Waals surface area contributed by atoms with Crippen molar-refractivity contribution in [3.05, 3.63) is 12.2 Å². The van der Waals surface area contributed by atoms with Crippen LogP contribution in [0.4, 0.5) is 0 Å². The monoisotopic (exact) mass is 184 g/mol. The molecule has 0 radical (unpaired) electrons. The Labute approximate surface area is 81.0 Å². The molecule has 0 aromatic carbocycles. The van der Waals surface area contributed by atoms with Crippen molar-refractivity contribution in [2.24, 2.45) is 5.92 Å². The minimum absolute atomic E-state index is 0.0312. The topological polar surface area (TPSA) is 26.3 Å². The van der Waals surface area contributed by atoms with Crippen molar-refractivity contribution >= 4 is 5.97 Å². The van der Waals surface area contributed by atoms with Gasteiger partial charge in [0.1, 0.15) is 6.10 Å². The molecule has 0 N–H and O–H groups in total. The van der Waals surface area contributed by atoms with Crippen LogP contribution < -0.4 is 0 Å². The molecule has 1 aliphatic carbocycles. The zero-order chi connectivity index (χ0) is 10.3. The maximum absolute atomic E-state index is 10.5. The average molecular weight is 184 g/mol. The van der Waals surface area contributed by atoms with E-state index in [-0.39, 0.29) is 12.1 Å². The molecule has 0 spiro atoms. The van der Waals surface area contributed by atoms with Crippen LogP contribution >= 0.6 is 0 Å². The number of allylic oxidation sites excluding steroid dienone is 1. The highest BCUT2D eigenvalue weighted by atomic mass is 16.5. The first kappa shape index (κ1) is 12.2. The molecule has 2 unspecified atom stereocenters. The molecule has 1 aliphatic rings. The Hall–Kier alpha value is -0.790. The summed E-state index contributed by atoms with van der Waals surface area (Å²) in [7, 11) is 0. The molecule has 0 saturated carbocycles. The van der Waals surface area contributed by atoms with Crippen LogP contribution in [0.25, 0.3) is 0 Å². The van der Waals surface area contributed by atoms with Gasteiger partial charge in [0.25, 0.3) is 0 Å². The van der Waals surface area contributed by atoms with Crippen molar-refractivity contribution in [3.63, 3.8) is 0 Å². The van der Waals surface area contributed by atoms with Crippen molar-refractivity contribution in [1.29, 1.82) is 0 Å². The lowest BCUT2D eigenvalue weighted by Crippen LogP contribution is -2.17. The summed E-state index contributed by atoms with van der Waals surface area (Å²) in [5, 5.41) is 0. The summed E-state index contributed by atoms with van der Waals surface area (Å²) in [6.07, 6.45) is 6.21. The van der Waals surface area contributed by atoms with E-state index in [1.807, 2.05) is 19.9 Å². The smallest absolute Gasteiger partial charge is 0.303 e. The van der Waals surface area contributed by atoms with Crippen molar-refractivity contribution in [3.8, 4) is 0 Å². The normalized spacial score (nSPS) is 25.8. The summed E-state index contributed by atoms with van der Waals surface area (Å²) >= 11 is 0. The Morgan fingerprint density at radius 1 is 1.31 bits per heavy atom. The summed E-state index contributed by atoms with van der Waals surface area (Å²) in [4.78, 5) is 10.5. The molecule has 13 heavy (non-hydrogen) atoms. The SMILES string of the molecule is CC.CC(=O)OC1C=CC(C)CC1. The molecule has 0 aromatic rings. The quantitative estimate of drug-likeness (QED) is 0.462. The molecule has 2 heteroatoms. The number of hydrogen-bond acceptors (Lipinski definition) is 2. The maximum atomic E-state index is 10.5. The number of rotatable bonds is 1. The van der Waals surface area contributed by atoms with Crippen molar-refractivity contribution in [2.45, 2.75) is 46.6 Å². The molecule has 0 aromatic heterocycles. The fourth-order valence-electron chi connectivity index (χ4n) is 1.24. The van der Waals surface area contributed by atoms with Gasteiger partial charge in [-0.25, -0.2) is 0 Å². The summed E-state index contributed by atoms with van der Waals surface area (Å²) < 4.78 is 5.01. The zero-order valence-electron chi connectivity index (χ0n) is 9.04. The number of carbonyl (C=O) groups is 1. The number of hydrogen-bond donors (Lipinski definition) is 0. The van der Waals surface area contributed by atoms with Gasteiger partial charge in [0.2, 0.25) is 0 Å². The molecule has 0 heterocycles. The van der Waals surface area contributed by atoms with Crippen molar-refractivity contribution < 1.29 is 9.53 Å². The predicted molar refractivity (Wildman–Crippen MR) is 54.4 cm³/mol. The second-order valence-electron chi connectivity index (χ2n) is 3.09. The highest BCUT2D eigenvalue weighted by molar-refractivity contribution is 5.66. The largest absolute Gasteiger partial charge is 0.458 e. The second-order valence-corrected chi connectivity index (χ2v) is 3.09. The van der Waals surface area contributed by atoms with E-state index in [4.69, 9.17) is 4.74 Å². The lowest BCUT2D eigenvalue weighted by Gasteiger charge is -2.19. The Bertz CT molecular complexity index is 173. The van der Waals surface area contributed by atoms with Crippen LogP contribution in [0.1, 0.15) is 40.5 Å². The summed E-state index contributed by atoms with van der Waals surface area (Å²) in [5.74, 6) is 0.455. The minimum Gasteiger partial charge on any atom is -0.458 e. The predicted octanol–water partition coefficient (Wildman–Crippen LogP) is 2.93. The van der Waals surface area contributed by atoms with E-state index in [9.17, 15) is 4.79 Å². The maximum Gasteiger partial charge on any atom is 0.303 e. The van der Waals surface area contributed by atoms with Gasteiger partial charge >= 0.3 is 5.97 Å². The standard InChI is InChI=1S/C9H14O2.C2H6/c1-7-3-5-9(6-4-7)11-8(2)10;1-2/h3,5,7,9H,4,6H2,1-2H3;1-2H3. The molecule has 0 aliphatic heterocycles. The summed E-state index contributed by atoms with van der Waals surface area (Å²) in [6, 6.07) is 0. The molecule has 76 valence electrons. The van der Waals surface area contributed by atoms with Crippen LogP contribution in [0.2, 0.25) is 0 Å². The Kier molecular flexibility index (Phi) is 6.29. The highest BCUT2D eigenvalue weighted by Crippen LogP contribution is 2.18. The van der Waals surface area contributed by atoms with Gasteiger partial charge in [0.15, 0.2) is 0 Å². The van der Waals surface area contributed by atoms with E-state index in [1.165, 1.54) is 6.92 Å². The van der Waals surface area contributed by atoms with E-state index in [1.54, 1.807) is 0 Å². The van der Waals surface area contributed by atoms with Crippen molar-refractivity contribution in [1.82, 2.24) is 0 Å². The van der Waals surface area contributed by atoms with Gasteiger partial charge in [0.05, 0.1) is 0 Å². The average Bonchev–Trinajstić information content (AvgIpc) is 2.12. The zero-order valence-corrected chi connectivity index (χ0v) is 9.04. The van der Waals surface area contributed by atoms with Gasteiger partial charge in [0, 0.05) is 6.92 Å². The number of esters is 1. The summed E-state index contributed by atoms with van der Waals surface area (Å²) in [5.41, 5.74) is 0. The Morgan fingerprint density at radius 3 is 2.31 bits per heavy atom. The molecule has 2 atom stereocenters. The molecule has 0 amide bonds. The lowest BCUT2D eigenvalue weighted by molar-refractivity contribution is -0.144. The third kappa shape index (κ3) is 5.45. The van der Waals surface area contributed by atoms with E-state index in [2.05, 4.69) is 13.0 Å². The highest BCUT2D eigenvalue weighted by Gasteiger charge is 2.14. The second kappa shape index (κ2) is 6.70. The first-order valence-electron chi connectivity index (χ1n) is 5.04. The van der Waals surface area contributed by atoms with Gasteiger partial charge < -0.3 is 4.74 Å². The third-order valence-corrected chi connectivity index (χ3v) is 1.88. The first-order chi connectivity index (χ1) is 6.18. The third-order valence-electron chi connectivity index (χ3n) is 1.88. The number of carbonyl (C=O) groups excluding carboxylic acids is 1. The van der Waals surface area contributed by atoms with E-state index >= 15 is 0 Å². The molecule has 1 rings (SSSR count). The molecule has 0 bridgehead atoms. The van der Waals surface area contributed by atoms with Crippen LogP contribution in [-0.4, -0.2) is 12.1 Å². The first-order valence-corrected chi connectivity index (χ1v) is 5.04. The fourth-order valence-corrected chi connectivity index (χ4v) is 1.24. The van der Waals surface area contributed by atoms with Gasteiger partial charge in [-0.3, -0.25) is 4.79 Å². The molecule has 2 nitrogen and oxygen atoms in total. The Morgan fingerprint density at radius 2 is 1.92 bits per heavy atom. The number of ether oxygens (including phenoxy) is 1. The molecular weight excluding hydrogens is 164 g/mol. The van der Waals surface area contributed by atoms with Crippen LogP contribution in [0.15, 0.2) is 12.2 Å². The fraction of sp³-hybridized carbons (Fsp3) is 0.727. The van der Waals surface area contributed by atoms with Gasteiger partial charge in [-0.15, -0.1) is 0 Å². The van der Waals surface area contributed by atoms with Crippen LogP contribution in [-0.2, 0) is 9.53 Å². The molecular formula is C11H20O2. The Balaban J connectivity index is 0.000000671. The van der Waals surface area contributed by atoms with Gasteiger partial charge in [-0.05, 0) is 24.8 Å². The van der Waals surface area contributed by atoms with Gasteiger partial charge in [-0.1, -0.05) is 26.8 Å². The van der Waals surface area contributed by atoms with E-state index in [0.717, 1.165) is 12.8 Å². The van der Waals surface area contributed by atoms with Crippen LogP contribution in [0, 0.1) is 5.92 Å². The van der Waals surface area contributed by atoms with Gasteiger partial charge in [-0.2, -0.15) is 0 Å². The van der Waals surface area contributed by atoms with Crippen molar-refractivity contribution in [2.75, 3.05) is 0 Å². The summed E-state index contributed by atoms with van der Waals surface area (Å²) in [6.45, 7) is 7.62. The lowest BCUT2D eigenvalue weighted by atomic mass is 9.96. The van der Waals surface area contributed by atoms with Crippen LogP contribution in [0.3, 0.4) is 0 Å². The van der Waals surface area contributed by atoms with E-state index in [0.29, 0.717) is 5.92 Å². The van der Waals surface area contributed by atoms with Crippen LogP contribution in [0.5, 0.6) is 0 Å².